The lowest BCUT2D eigenvalue weighted by Crippen LogP contribution is -2.30. The lowest BCUT2D eigenvalue weighted by Gasteiger charge is -2.32. The predicted molar refractivity (Wildman–Crippen MR) is 121 cm³/mol. The minimum Gasteiger partial charge on any atom is -0.325 e. The molecule has 0 amide bonds. The molecule has 5 rings (SSSR count). The highest BCUT2D eigenvalue weighted by atomic mass is 19.4. The smallest absolute Gasteiger partial charge is 0.325 e. The number of fused-ring (bicyclic) bond motifs is 4. The average molecular weight is 485 g/mol. The first-order chi connectivity index (χ1) is 16.5. The third-order valence-corrected chi connectivity index (χ3v) is 6.28. The van der Waals surface area contributed by atoms with Gasteiger partial charge in [0.1, 0.15) is 17.1 Å². The Morgan fingerprint density at radius 1 is 1.03 bits per heavy atom. The van der Waals surface area contributed by atoms with Gasteiger partial charge in [-0.25, -0.2) is 8.78 Å². The Morgan fingerprint density at radius 2 is 1.80 bits per heavy atom. The number of alkyl halides is 3. The molecule has 0 unspecified atom stereocenters. The van der Waals surface area contributed by atoms with Crippen molar-refractivity contribution in [3.8, 4) is 11.8 Å². The van der Waals surface area contributed by atoms with Crippen molar-refractivity contribution in [2.24, 2.45) is 5.41 Å². The molecule has 180 valence electrons. The van der Waals surface area contributed by atoms with E-state index >= 15 is 4.39 Å². The zero-order valence-electron chi connectivity index (χ0n) is 19.1. The van der Waals surface area contributed by atoms with E-state index in [4.69, 9.17) is 0 Å². The molecule has 0 spiro atoms. The van der Waals surface area contributed by atoms with E-state index in [0.717, 1.165) is 25.5 Å². The number of halogens is 5. The minimum absolute atomic E-state index is 0.0251. The second-order valence-electron chi connectivity index (χ2n) is 9.00. The van der Waals surface area contributed by atoms with Gasteiger partial charge in [-0.05, 0) is 63.4 Å². The van der Waals surface area contributed by atoms with Gasteiger partial charge in [-0.3, -0.25) is 4.40 Å². The van der Waals surface area contributed by atoms with Gasteiger partial charge in [0.05, 0.1) is 10.9 Å². The van der Waals surface area contributed by atoms with Gasteiger partial charge in [-0.15, -0.1) is 10.2 Å². The van der Waals surface area contributed by atoms with Crippen molar-refractivity contribution in [2.45, 2.75) is 39.8 Å². The van der Waals surface area contributed by atoms with E-state index in [1.54, 1.807) is 34.4 Å². The molecule has 0 fully saturated rings. The van der Waals surface area contributed by atoms with Gasteiger partial charge >= 0.3 is 6.18 Å². The molecule has 3 heterocycles. The lowest BCUT2D eigenvalue weighted by molar-refractivity contribution is -0.190. The van der Waals surface area contributed by atoms with Crippen LogP contribution in [0.5, 0.6) is 0 Å². The maximum Gasteiger partial charge on any atom is 0.404 e. The SMILES string of the molecule is Cc1nnc2nc(N3CCCc4c(C#CC(C)(C)C(F)(F)F)cccc43)c3c(F)c(F)ccc3n12. The van der Waals surface area contributed by atoms with E-state index in [1.165, 1.54) is 6.07 Å². The summed E-state index contributed by atoms with van der Waals surface area (Å²) in [5, 5.41) is 8.05. The topological polar surface area (TPSA) is 46.3 Å². The summed E-state index contributed by atoms with van der Waals surface area (Å²) in [7, 11) is 0. The average Bonchev–Trinajstić information content (AvgIpc) is 3.19. The van der Waals surface area contributed by atoms with Gasteiger partial charge < -0.3 is 4.90 Å². The molecule has 0 saturated heterocycles. The standard InChI is InChI=1S/C25H20F5N5/c1-14-32-33-23-31-22(20-19(35(14)23)10-9-17(26)21(20)27)34-13-5-7-16-15(6-4-8-18(16)34)11-12-24(2,3)25(28,29)30/h4,6,8-10H,5,7,13H2,1-3H3. The van der Waals surface area contributed by atoms with Crippen LogP contribution < -0.4 is 4.90 Å². The molecule has 10 heteroatoms. The molecule has 1 aliphatic rings. The first kappa shape index (κ1) is 23.0. The van der Waals surface area contributed by atoms with Crippen molar-refractivity contribution in [2.75, 3.05) is 11.4 Å². The molecule has 0 bridgehead atoms. The van der Waals surface area contributed by atoms with Gasteiger partial charge in [-0.2, -0.15) is 18.2 Å². The summed E-state index contributed by atoms with van der Waals surface area (Å²) >= 11 is 0. The zero-order valence-corrected chi connectivity index (χ0v) is 19.1. The fourth-order valence-corrected chi connectivity index (χ4v) is 4.25. The first-order valence-electron chi connectivity index (χ1n) is 11.0. The normalized spacial score (nSPS) is 14.2. The Labute approximate surface area is 197 Å². The minimum atomic E-state index is -4.48. The lowest BCUT2D eigenvalue weighted by atomic mass is 9.91. The first-order valence-corrected chi connectivity index (χ1v) is 11.0. The van der Waals surface area contributed by atoms with Crippen molar-refractivity contribution in [1.29, 1.82) is 0 Å². The van der Waals surface area contributed by atoms with Crippen molar-refractivity contribution in [3.05, 3.63) is 58.9 Å². The Kier molecular flexibility index (Phi) is 5.20. The van der Waals surface area contributed by atoms with Gasteiger partial charge in [0.2, 0.25) is 0 Å². The van der Waals surface area contributed by atoms with Gasteiger partial charge in [0.15, 0.2) is 11.6 Å². The Balaban J connectivity index is 1.72. The number of aryl methyl sites for hydroxylation is 1. The summed E-state index contributed by atoms with van der Waals surface area (Å²) < 4.78 is 71.0. The zero-order chi connectivity index (χ0) is 25.1. The highest BCUT2D eigenvalue weighted by molar-refractivity contribution is 5.94. The van der Waals surface area contributed by atoms with E-state index in [1.807, 2.05) is 0 Å². The quantitative estimate of drug-likeness (QED) is 0.249. The molecule has 2 aromatic heterocycles. The number of anilines is 2. The Morgan fingerprint density at radius 3 is 2.54 bits per heavy atom. The van der Waals surface area contributed by atoms with Crippen LogP contribution in [0, 0.1) is 35.8 Å². The number of benzene rings is 2. The number of rotatable bonds is 1. The molecule has 0 N–H and O–H groups in total. The Hall–Kier alpha value is -3.74. The van der Waals surface area contributed by atoms with Crippen LogP contribution in [0.25, 0.3) is 16.7 Å². The number of aromatic nitrogens is 4. The maximum atomic E-state index is 15.2. The molecule has 35 heavy (non-hydrogen) atoms. The number of nitrogens with zero attached hydrogens (tertiary/aromatic N) is 5. The third kappa shape index (κ3) is 3.66. The molecule has 0 aliphatic carbocycles. The molecule has 5 nitrogen and oxygen atoms in total. The van der Waals surface area contributed by atoms with Crippen molar-refractivity contribution in [3.63, 3.8) is 0 Å². The molecule has 0 atom stereocenters. The van der Waals surface area contributed by atoms with Crippen LogP contribution in [0.1, 0.15) is 37.2 Å². The van der Waals surface area contributed by atoms with Crippen LogP contribution in [0.2, 0.25) is 0 Å². The van der Waals surface area contributed by atoms with Gasteiger partial charge in [0.25, 0.3) is 5.78 Å². The molecule has 0 radical (unpaired) electrons. The van der Waals surface area contributed by atoms with Gasteiger partial charge in [-0.1, -0.05) is 17.9 Å². The van der Waals surface area contributed by atoms with E-state index < -0.39 is 23.2 Å². The molecular weight excluding hydrogens is 465 g/mol. The second kappa shape index (κ2) is 7.90. The summed E-state index contributed by atoms with van der Waals surface area (Å²) in [5.41, 5.74) is -0.000281. The molecular formula is C25H20F5N5. The van der Waals surface area contributed by atoms with Crippen molar-refractivity contribution < 1.29 is 22.0 Å². The Bertz CT molecular complexity index is 1540. The van der Waals surface area contributed by atoms with Gasteiger partial charge in [0, 0.05) is 17.8 Å². The highest BCUT2D eigenvalue weighted by Crippen LogP contribution is 2.40. The maximum absolute atomic E-state index is 15.2. The monoisotopic (exact) mass is 485 g/mol. The summed E-state index contributed by atoms with van der Waals surface area (Å²) in [4.78, 5) is 6.26. The summed E-state index contributed by atoms with van der Waals surface area (Å²) in [5.74, 6) is 3.86. The van der Waals surface area contributed by atoms with E-state index in [2.05, 4.69) is 27.0 Å². The summed E-state index contributed by atoms with van der Waals surface area (Å²) in [6.07, 6.45) is -3.29. The largest absolute Gasteiger partial charge is 0.404 e. The van der Waals surface area contributed by atoms with Crippen molar-refractivity contribution in [1.82, 2.24) is 19.6 Å². The van der Waals surface area contributed by atoms with E-state index in [9.17, 15) is 17.6 Å². The van der Waals surface area contributed by atoms with Crippen LogP contribution >= 0.6 is 0 Å². The van der Waals surface area contributed by atoms with Crippen LogP contribution in [0.3, 0.4) is 0 Å². The fraction of sp³-hybridized carbons (Fsp3) is 0.320. The molecule has 1 aliphatic heterocycles. The number of hydrogen-bond acceptors (Lipinski definition) is 4. The predicted octanol–water partition coefficient (Wildman–Crippen LogP) is 5.89. The van der Waals surface area contributed by atoms with Crippen LogP contribution in [-0.4, -0.2) is 32.3 Å². The molecule has 0 saturated carbocycles. The molecule has 2 aromatic carbocycles. The van der Waals surface area contributed by atoms with Crippen LogP contribution in [0.15, 0.2) is 30.3 Å². The highest BCUT2D eigenvalue weighted by Gasteiger charge is 2.46. The summed E-state index contributed by atoms with van der Waals surface area (Å²) in [6, 6.07) is 7.62. The summed E-state index contributed by atoms with van der Waals surface area (Å²) in [6.45, 7) is 4.20. The fourth-order valence-electron chi connectivity index (χ4n) is 4.25. The van der Waals surface area contributed by atoms with Crippen LogP contribution in [0.4, 0.5) is 33.5 Å². The van der Waals surface area contributed by atoms with Crippen molar-refractivity contribution >= 4 is 28.2 Å². The van der Waals surface area contributed by atoms with E-state index in [0.29, 0.717) is 42.0 Å². The second-order valence-corrected chi connectivity index (χ2v) is 9.00. The number of hydrogen-bond donors (Lipinski definition) is 0. The molecule has 4 aromatic rings. The van der Waals surface area contributed by atoms with Crippen LogP contribution in [-0.2, 0) is 6.42 Å². The van der Waals surface area contributed by atoms with E-state index in [-0.39, 0.29) is 17.0 Å². The third-order valence-electron chi connectivity index (χ3n) is 6.28.